The molecular weight excluding hydrogens is 274 g/mol. The van der Waals surface area contributed by atoms with Gasteiger partial charge in [0.1, 0.15) is 0 Å². The summed E-state index contributed by atoms with van der Waals surface area (Å²) in [4.78, 5) is 14.9. The molecule has 1 saturated heterocycles. The number of nitrogens with one attached hydrogen (secondary N) is 1. The number of nitriles is 1. The number of amides is 1. The second-order valence-electron chi connectivity index (χ2n) is 7.68. The molecule has 3 rings (SSSR count). The molecule has 5 unspecified atom stereocenters. The van der Waals surface area contributed by atoms with Crippen molar-refractivity contribution in [2.75, 3.05) is 19.6 Å². The third-order valence-electron chi connectivity index (χ3n) is 6.22. The molecule has 0 aromatic heterocycles. The third-order valence-corrected chi connectivity index (χ3v) is 6.22. The van der Waals surface area contributed by atoms with Gasteiger partial charge in [-0.3, -0.25) is 4.79 Å². The van der Waals surface area contributed by atoms with Gasteiger partial charge in [-0.15, -0.1) is 0 Å². The van der Waals surface area contributed by atoms with Gasteiger partial charge in [-0.05, 0) is 63.3 Å². The van der Waals surface area contributed by atoms with E-state index in [0.29, 0.717) is 18.4 Å². The number of rotatable bonds is 5. The van der Waals surface area contributed by atoms with Crippen molar-refractivity contribution < 1.29 is 4.79 Å². The minimum absolute atomic E-state index is 0.119. The first kappa shape index (κ1) is 15.8. The molecule has 1 N–H and O–H groups in total. The monoisotopic (exact) mass is 303 g/mol. The Morgan fingerprint density at radius 3 is 2.91 bits per heavy atom. The summed E-state index contributed by atoms with van der Waals surface area (Å²) >= 11 is 0. The second kappa shape index (κ2) is 7.00. The Kier molecular flexibility index (Phi) is 5.03. The fraction of sp³-hybridized carbons (Fsp3) is 0.889. The summed E-state index contributed by atoms with van der Waals surface area (Å²) in [7, 11) is 0. The van der Waals surface area contributed by atoms with Gasteiger partial charge >= 0.3 is 0 Å². The van der Waals surface area contributed by atoms with Crippen LogP contribution in [0.4, 0.5) is 0 Å². The highest BCUT2D eigenvalue weighted by molar-refractivity contribution is 5.79. The van der Waals surface area contributed by atoms with Gasteiger partial charge in [-0.2, -0.15) is 5.26 Å². The van der Waals surface area contributed by atoms with Crippen LogP contribution in [-0.4, -0.2) is 36.5 Å². The van der Waals surface area contributed by atoms with E-state index in [2.05, 4.69) is 23.2 Å². The average molecular weight is 303 g/mol. The van der Waals surface area contributed by atoms with Crippen LogP contribution in [0.1, 0.15) is 51.9 Å². The number of fused-ring (bicyclic) bond motifs is 2. The molecule has 0 aromatic rings. The first-order valence-electron chi connectivity index (χ1n) is 9.07. The lowest BCUT2D eigenvalue weighted by Gasteiger charge is -2.34. The van der Waals surface area contributed by atoms with Crippen molar-refractivity contribution in [2.45, 2.75) is 57.9 Å². The Hall–Kier alpha value is -1.08. The molecule has 3 aliphatic rings. The summed E-state index contributed by atoms with van der Waals surface area (Å²) in [6.45, 7) is 4.88. The van der Waals surface area contributed by atoms with Crippen LogP contribution in [0, 0.1) is 35.0 Å². The van der Waals surface area contributed by atoms with Gasteiger partial charge in [0.05, 0.1) is 12.0 Å². The minimum atomic E-state index is 0.119. The summed E-state index contributed by atoms with van der Waals surface area (Å²) in [5.74, 6) is 2.87. The van der Waals surface area contributed by atoms with Crippen molar-refractivity contribution in [3.05, 3.63) is 0 Å². The van der Waals surface area contributed by atoms with E-state index in [0.717, 1.165) is 44.3 Å². The number of piperidine rings is 1. The Labute approximate surface area is 134 Å². The summed E-state index contributed by atoms with van der Waals surface area (Å²) in [6, 6.07) is 2.53. The second-order valence-corrected chi connectivity index (χ2v) is 7.68. The molecule has 2 bridgehead atoms. The molecule has 0 radical (unpaired) electrons. The van der Waals surface area contributed by atoms with Gasteiger partial charge in [-0.1, -0.05) is 6.42 Å². The van der Waals surface area contributed by atoms with Crippen molar-refractivity contribution in [1.82, 2.24) is 10.2 Å². The van der Waals surface area contributed by atoms with E-state index in [-0.39, 0.29) is 11.8 Å². The van der Waals surface area contributed by atoms with Gasteiger partial charge < -0.3 is 10.2 Å². The molecule has 1 amide bonds. The zero-order chi connectivity index (χ0) is 15.5. The molecule has 3 fully saturated rings. The van der Waals surface area contributed by atoms with Gasteiger partial charge in [0.2, 0.25) is 5.91 Å². The number of carbonyl (C=O) groups excluding carboxylic acids is 1. The minimum Gasteiger partial charge on any atom is -0.353 e. The molecule has 0 aromatic carbocycles. The highest BCUT2D eigenvalue weighted by Gasteiger charge is 2.42. The van der Waals surface area contributed by atoms with Gasteiger partial charge in [0.25, 0.3) is 0 Å². The maximum atomic E-state index is 12.6. The first-order valence-corrected chi connectivity index (χ1v) is 9.07. The Morgan fingerprint density at radius 1 is 1.36 bits per heavy atom. The van der Waals surface area contributed by atoms with E-state index in [9.17, 15) is 4.79 Å². The van der Waals surface area contributed by atoms with Crippen LogP contribution in [0.15, 0.2) is 0 Å². The zero-order valence-corrected chi connectivity index (χ0v) is 13.8. The van der Waals surface area contributed by atoms with Gasteiger partial charge in [-0.25, -0.2) is 0 Å². The van der Waals surface area contributed by atoms with E-state index in [4.69, 9.17) is 5.26 Å². The maximum Gasteiger partial charge on any atom is 0.224 e. The SMILES string of the molecule is CC(NC(=O)C1CCCN(CCC#N)C1)C1CC2CCC1C2. The normalized spacial score (nSPS) is 36.0. The van der Waals surface area contributed by atoms with Crippen LogP contribution < -0.4 is 5.32 Å². The molecule has 4 nitrogen and oxygen atoms in total. The quantitative estimate of drug-likeness (QED) is 0.849. The van der Waals surface area contributed by atoms with Crippen LogP contribution in [-0.2, 0) is 4.79 Å². The summed E-state index contributed by atoms with van der Waals surface area (Å²) in [5.41, 5.74) is 0. The Morgan fingerprint density at radius 2 is 2.23 bits per heavy atom. The van der Waals surface area contributed by atoms with E-state index in [1.54, 1.807) is 0 Å². The van der Waals surface area contributed by atoms with Gasteiger partial charge in [0.15, 0.2) is 0 Å². The smallest absolute Gasteiger partial charge is 0.224 e. The zero-order valence-electron chi connectivity index (χ0n) is 13.8. The molecule has 1 heterocycles. The third kappa shape index (κ3) is 3.46. The molecule has 0 spiro atoms. The van der Waals surface area contributed by atoms with Crippen LogP contribution in [0.25, 0.3) is 0 Å². The summed E-state index contributed by atoms with van der Waals surface area (Å²) < 4.78 is 0. The summed E-state index contributed by atoms with van der Waals surface area (Å²) in [6.07, 6.45) is 8.15. The molecule has 1 aliphatic heterocycles. The fourth-order valence-corrected chi connectivity index (χ4v) is 5.04. The van der Waals surface area contributed by atoms with E-state index in [1.807, 2.05) is 0 Å². The lowest BCUT2D eigenvalue weighted by Crippen LogP contribution is -2.47. The Bertz CT molecular complexity index is 444. The molecule has 4 heteroatoms. The average Bonchev–Trinajstić information content (AvgIpc) is 3.16. The predicted molar refractivity (Wildman–Crippen MR) is 85.9 cm³/mol. The number of likely N-dealkylation sites (tertiary alicyclic amines) is 1. The molecule has 122 valence electrons. The van der Waals surface area contributed by atoms with E-state index >= 15 is 0 Å². The lowest BCUT2D eigenvalue weighted by molar-refractivity contribution is -0.127. The van der Waals surface area contributed by atoms with Crippen LogP contribution in [0.2, 0.25) is 0 Å². The molecular formula is C18H29N3O. The number of hydrogen-bond acceptors (Lipinski definition) is 3. The standard InChI is InChI=1S/C18H29N3O/c1-13(17-11-14-5-6-15(17)10-14)20-18(22)16-4-2-8-21(12-16)9-3-7-19/h13-17H,2-6,8-12H2,1H3,(H,20,22). The summed E-state index contributed by atoms with van der Waals surface area (Å²) in [5, 5.41) is 12.0. The first-order chi connectivity index (χ1) is 10.7. The van der Waals surface area contributed by atoms with Crippen molar-refractivity contribution in [1.29, 1.82) is 5.26 Å². The van der Waals surface area contributed by atoms with E-state index < -0.39 is 0 Å². The fourth-order valence-electron chi connectivity index (χ4n) is 5.04. The maximum absolute atomic E-state index is 12.6. The lowest BCUT2D eigenvalue weighted by atomic mass is 9.83. The van der Waals surface area contributed by atoms with E-state index in [1.165, 1.54) is 25.7 Å². The largest absolute Gasteiger partial charge is 0.353 e. The van der Waals surface area contributed by atoms with Crippen LogP contribution in [0.5, 0.6) is 0 Å². The Balaban J connectivity index is 1.47. The topological polar surface area (TPSA) is 56.1 Å². The van der Waals surface area contributed by atoms with Crippen LogP contribution >= 0.6 is 0 Å². The molecule has 2 saturated carbocycles. The molecule has 22 heavy (non-hydrogen) atoms. The van der Waals surface area contributed by atoms with Gasteiger partial charge in [0, 0.05) is 25.6 Å². The van der Waals surface area contributed by atoms with Crippen molar-refractivity contribution in [3.8, 4) is 6.07 Å². The number of nitrogens with zero attached hydrogens (tertiary/aromatic N) is 2. The predicted octanol–water partition coefficient (Wildman–Crippen LogP) is 2.55. The number of carbonyl (C=O) groups is 1. The number of hydrogen-bond donors (Lipinski definition) is 1. The van der Waals surface area contributed by atoms with Crippen molar-refractivity contribution >= 4 is 5.91 Å². The highest BCUT2D eigenvalue weighted by atomic mass is 16.2. The molecule has 2 aliphatic carbocycles. The van der Waals surface area contributed by atoms with Crippen molar-refractivity contribution in [2.24, 2.45) is 23.7 Å². The molecule has 5 atom stereocenters. The van der Waals surface area contributed by atoms with Crippen molar-refractivity contribution in [3.63, 3.8) is 0 Å². The van der Waals surface area contributed by atoms with Crippen LogP contribution in [0.3, 0.4) is 0 Å². The highest BCUT2D eigenvalue weighted by Crippen LogP contribution is 2.49.